The molecule has 3 aromatic rings. The third-order valence-corrected chi connectivity index (χ3v) is 3.36. The lowest BCUT2D eigenvalue weighted by atomic mass is 10.1. The number of pyridine rings is 1. The van der Waals surface area contributed by atoms with Crippen LogP contribution in [-0.4, -0.2) is 4.98 Å². The fourth-order valence-electron chi connectivity index (χ4n) is 2.22. The lowest BCUT2D eigenvalue weighted by molar-refractivity contribution is -0.137. The Labute approximate surface area is 130 Å². The van der Waals surface area contributed by atoms with Gasteiger partial charge < -0.3 is 5.32 Å². The Kier molecular flexibility index (Phi) is 3.62. The van der Waals surface area contributed by atoms with Crippen molar-refractivity contribution in [1.29, 1.82) is 5.26 Å². The summed E-state index contributed by atoms with van der Waals surface area (Å²) < 4.78 is 38.7. The quantitative estimate of drug-likeness (QED) is 0.734. The van der Waals surface area contributed by atoms with E-state index in [4.69, 9.17) is 5.26 Å². The zero-order valence-electron chi connectivity index (χ0n) is 11.7. The average molecular weight is 313 g/mol. The van der Waals surface area contributed by atoms with E-state index in [-0.39, 0.29) is 0 Å². The Morgan fingerprint density at radius 1 is 1.00 bits per heavy atom. The molecule has 0 atom stereocenters. The SMILES string of the molecule is N#Cc1ccc(Nc2ccnc3ccc(C(F)(F)F)cc23)cc1. The highest BCUT2D eigenvalue weighted by Crippen LogP contribution is 2.33. The fraction of sp³-hybridized carbons (Fsp3) is 0.0588. The molecular formula is C17H10F3N3. The van der Waals surface area contributed by atoms with Crippen LogP contribution < -0.4 is 5.32 Å². The summed E-state index contributed by atoms with van der Waals surface area (Å²) in [6, 6.07) is 13.7. The second-order valence-corrected chi connectivity index (χ2v) is 4.90. The number of hydrogen-bond acceptors (Lipinski definition) is 3. The van der Waals surface area contributed by atoms with E-state index in [0.29, 0.717) is 27.8 Å². The zero-order chi connectivity index (χ0) is 16.4. The predicted molar refractivity (Wildman–Crippen MR) is 81.2 cm³/mol. The van der Waals surface area contributed by atoms with Crippen LogP contribution in [0.4, 0.5) is 24.5 Å². The molecule has 0 spiro atoms. The first-order chi connectivity index (χ1) is 11.0. The fourth-order valence-corrected chi connectivity index (χ4v) is 2.22. The molecule has 0 bridgehead atoms. The molecule has 0 saturated carbocycles. The minimum Gasteiger partial charge on any atom is -0.355 e. The van der Waals surface area contributed by atoms with E-state index in [9.17, 15) is 13.2 Å². The van der Waals surface area contributed by atoms with Gasteiger partial charge in [-0.15, -0.1) is 0 Å². The molecule has 1 heterocycles. The number of alkyl halides is 3. The molecule has 114 valence electrons. The number of halogens is 3. The molecule has 1 aromatic heterocycles. The molecular weight excluding hydrogens is 303 g/mol. The number of rotatable bonds is 2. The minimum absolute atomic E-state index is 0.381. The van der Waals surface area contributed by atoms with Crippen molar-refractivity contribution in [2.24, 2.45) is 0 Å². The number of benzene rings is 2. The summed E-state index contributed by atoms with van der Waals surface area (Å²) in [6.07, 6.45) is -2.88. The van der Waals surface area contributed by atoms with Gasteiger partial charge in [-0.1, -0.05) is 0 Å². The van der Waals surface area contributed by atoms with Crippen molar-refractivity contribution in [3.05, 3.63) is 65.9 Å². The zero-order valence-corrected chi connectivity index (χ0v) is 11.7. The Hall–Kier alpha value is -3.07. The molecule has 0 unspecified atom stereocenters. The highest BCUT2D eigenvalue weighted by atomic mass is 19.4. The molecule has 6 heteroatoms. The lowest BCUT2D eigenvalue weighted by Crippen LogP contribution is -2.05. The molecule has 3 nitrogen and oxygen atoms in total. The number of nitrogens with one attached hydrogen (secondary N) is 1. The van der Waals surface area contributed by atoms with Gasteiger partial charge in [-0.05, 0) is 48.5 Å². The van der Waals surface area contributed by atoms with Gasteiger partial charge in [-0.3, -0.25) is 4.98 Å². The first-order valence-electron chi connectivity index (χ1n) is 6.70. The summed E-state index contributed by atoms with van der Waals surface area (Å²) in [5.74, 6) is 0. The van der Waals surface area contributed by atoms with E-state index < -0.39 is 11.7 Å². The molecule has 3 rings (SSSR count). The van der Waals surface area contributed by atoms with Gasteiger partial charge in [0.1, 0.15) is 0 Å². The van der Waals surface area contributed by atoms with E-state index in [1.807, 2.05) is 6.07 Å². The van der Waals surface area contributed by atoms with E-state index in [0.717, 1.165) is 12.1 Å². The van der Waals surface area contributed by atoms with Gasteiger partial charge in [0, 0.05) is 23.0 Å². The molecule has 23 heavy (non-hydrogen) atoms. The van der Waals surface area contributed by atoms with Gasteiger partial charge in [-0.2, -0.15) is 18.4 Å². The van der Waals surface area contributed by atoms with E-state index in [2.05, 4.69) is 10.3 Å². The molecule has 0 saturated heterocycles. The highest BCUT2D eigenvalue weighted by molar-refractivity contribution is 5.93. The third-order valence-electron chi connectivity index (χ3n) is 3.36. The summed E-state index contributed by atoms with van der Waals surface area (Å²) in [4.78, 5) is 4.08. The van der Waals surface area contributed by atoms with Crippen LogP contribution >= 0.6 is 0 Å². The molecule has 0 aliphatic carbocycles. The standard InChI is InChI=1S/C17H10F3N3/c18-17(19,20)12-3-6-15-14(9-12)16(7-8-22-15)23-13-4-1-11(10-21)2-5-13/h1-9H,(H,22,23). The summed E-state index contributed by atoms with van der Waals surface area (Å²) in [7, 11) is 0. The number of nitrogens with zero attached hydrogens (tertiary/aromatic N) is 2. The summed E-state index contributed by atoms with van der Waals surface area (Å²) >= 11 is 0. The molecule has 0 aliphatic rings. The molecule has 0 amide bonds. The van der Waals surface area contributed by atoms with Crippen LogP contribution in [0.5, 0.6) is 0 Å². The van der Waals surface area contributed by atoms with Gasteiger partial charge in [-0.25, -0.2) is 0 Å². The smallest absolute Gasteiger partial charge is 0.355 e. The largest absolute Gasteiger partial charge is 0.416 e. The normalized spacial score (nSPS) is 11.2. The Bertz CT molecular complexity index is 894. The maximum Gasteiger partial charge on any atom is 0.416 e. The Morgan fingerprint density at radius 2 is 1.74 bits per heavy atom. The first kappa shape index (κ1) is 14.9. The minimum atomic E-state index is -4.41. The van der Waals surface area contributed by atoms with Crippen molar-refractivity contribution < 1.29 is 13.2 Å². The van der Waals surface area contributed by atoms with Crippen molar-refractivity contribution >= 4 is 22.3 Å². The average Bonchev–Trinajstić information content (AvgIpc) is 2.54. The van der Waals surface area contributed by atoms with Gasteiger partial charge in [0.05, 0.1) is 22.7 Å². The molecule has 0 radical (unpaired) electrons. The van der Waals surface area contributed by atoms with E-state index in [1.165, 1.54) is 12.3 Å². The van der Waals surface area contributed by atoms with Crippen molar-refractivity contribution in [3.8, 4) is 6.07 Å². The topological polar surface area (TPSA) is 48.7 Å². The van der Waals surface area contributed by atoms with Crippen molar-refractivity contribution in [3.63, 3.8) is 0 Å². The van der Waals surface area contributed by atoms with Crippen LogP contribution in [0.3, 0.4) is 0 Å². The van der Waals surface area contributed by atoms with Gasteiger partial charge in [0.25, 0.3) is 0 Å². The molecule has 0 aliphatic heterocycles. The second-order valence-electron chi connectivity index (χ2n) is 4.90. The number of hydrogen-bond donors (Lipinski definition) is 1. The second kappa shape index (κ2) is 5.61. The van der Waals surface area contributed by atoms with Crippen LogP contribution in [0, 0.1) is 11.3 Å². The van der Waals surface area contributed by atoms with Crippen molar-refractivity contribution in [2.75, 3.05) is 5.32 Å². The molecule has 0 fully saturated rings. The summed E-state index contributed by atoms with van der Waals surface area (Å²) in [6.45, 7) is 0. The van der Waals surface area contributed by atoms with Crippen LogP contribution in [0.15, 0.2) is 54.7 Å². The Morgan fingerprint density at radius 3 is 2.39 bits per heavy atom. The van der Waals surface area contributed by atoms with Gasteiger partial charge in [0.2, 0.25) is 0 Å². The number of fused-ring (bicyclic) bond motifs is 1. The number of aromatic nitrogens is 1. The third kappa shape index (κ3) is 3.09. The summed E-state index contributed by atoms with van der Waals surface area (Å²) in [5, 5.41) is 12.2. The summed E-state index contributed by atoms with van der Waals surface area (Å²) in [5.41, 5.74) is 1.45. The van der Waals surface area contributed by atoms with E-state index in [1.54, 1.807) is 30.3 Å². The van der Waals surface area contributed by atoms with Crippen LogP contribution in [0.25, 0.3) is 10.9 Å². The van der Waals surface area contributed by atoms with Gasteiger partial charge >= 0.3 is 6.18 Å². The Balaban J connectivity index is 2.04. The maximum atomic E-state index is 12.9. The van der Waals surface area contributed by atoms with Crippen molar-refractivity contribution in [2.45, 2.75) is 6.18 Å². The van der Waals surface area contributed by atoms with E-state index >= 15 is 0 Å². The molecule has 2 aromatic carbocycles. The molecule has 1 N–H and O–H groups in total. The monoisotopic (exact) mass is 313 g/mol. The van der Waals surface area contributed by atoms with Crippen LogP contribution in [-0.2, 0) is 6.18 Å². The number of anilines is 2. The van der Waals surface area contributed by atoms with Gasteiger partial charge in [0.15, 0.2) is 0 Å². The predicted octanol–water partition coefficient (Wildman–Crippen LogP) is 4.87. The van der Waals surface area contributed by atoms with Crippen LogP contribution in [0.1, 0.15) is 11.1 Å². The number of nitriles is 1. The first-order valence-corrected chi connectivity index (χ1v) is 6.70. The van der Waals surface area contributed by atoms with Crippen LogP contribution in [0.2, 0.25) is 0 Å². The highest BCUT2D eigenvalue weighted by Gasteiger charge is 2.30. The van der Waals surface area contributed by atoms with Crippen molar-refractivity contribution in [1.82, 2.24) is 4.98 Å². The maximum absolute atomic E-state index is 12.9. The lowest BCUT2D eigenvalue weighted by Gasteiger charge is -2.12.